The fourth-order valence-electron chi connectivity index (χ4n) is 3.14. The molecule has 2 heterocycles. The summed E-state index contributed by atoms with van der Waals surface area (Å²) in [6, 6.07) is 9.18. The molecule has 1 saturated carbocycles. The Morgan fingerprint density at radius 1 is 1.24 bits per heavy atom. The maximum absolute atomic E-state index is 12.3. The number of hydrogen-bond donors (Lipinski definition) is 2. The Morgan fingerprint density at radius 3 is 2.64 bits per heavy atom. The Morgan fingerprint density at radius 2 is 2.00 bits per heavy atom. The van der Waals surface area contributed by atoms with Gasteiger partial charge in [0.05, 0.1) is 24.6 Å². The monoisotopic (exact) mass is 338 g/mol. The normalized spacial score (nSPS) is 22.4. The van der Waals surface area contributed by atoms with Gasteiger partial charge in [-0.15, -0.1) is 10.2 Å². The van der Waals surface area contributed by atoms with Gasteiger partial charge in [-0.3, -0.25) is 14.0 Å². The molecular weight excluding hydrogens is 320 g/mol. The van der Waals surface area contributed by atoms with E-state index in [9.17, 15) is 9.90 Å². The molecule has 1 amide bonds. The van der Waals surface area contributed by atoms with Crippen molar-refractivity contribution in [2.24, 2.45) is 0 Å². The van der Waals surface area contributed by atoms with Crippen molar-refractivity contribution in [2.45, 2.75) is 31.0 Å². The van der Waals surface area contributed by atoms with Gasteiger partial charge in [0.25, 0.3) is 0 Å². The van der Waals surface area contributed by atoms with E-state index >= 15 is 0 Å². The molecule has 1 aliphatic carbocycles. The van der Waals surface area contributed by atoms with Gasteiger partial charge in [0.1, 0.15) is 12.7 Å². The molecule has 0 spiro atoms. The summed E-state index contributed by atoms with van der Waals surface area (Å²) in [6.07, 6.45) is 7.08. The molecule has 25 heavy (non-hydrogen) atoms. The number of aromatic nitrogens is 5. The molecule has 0 saturated heterocycles. The molecule has 3 unspecified atom stereocenters. The molecule has 1 fully saturated rings. The second-order valence-corrected chi connectivity index (χ2v) is 6.17. The number of carbonyl (C=O) groups is 1. The molecule has 128 valence electrons. The summed E-state index contributed by atoms with van der Waals surface area (Å²) in [5.41, 5.74) is 1.86. The summed E-state index contributed by atoms with van der Waals surface area (Å²) in [5.74, 6) is -0.0638. The molecular formula is C17H18N6O2. The minimum Gasteiger partial charge on any atom is -0.391 e. The fraction of sp³-hybridized carbons (Fsp3) is 0.294. The molecule has 2 aromatic heterocycles. The average molecular weight is 338 g/mol. The van der Waals surface area contributed by atoms with Crippen molar-refractivity contribution in [3.05, 3.63) is 60.9 Å². The van der Waals surface area contributed by atoms with Crippen LogP contribution in [0.2, 0.25) is 0 Å². The van der Waals surface area contributed by atoms with Crippen LogP contribution in [-0.4, -0.2) is 47.7 Å². The predicted octanol–water partition coefficient (Wildman–Crippen LogP) is 0.497. The van der Waals surface area contributed by atoms with Gasteiger partial charge in [-0.2, -0.15) is 5.10 Å². The number of amides is 1. The highest BCUT2D eigenvalue weighted by Crippen LogP contribution is 2.32. The van der Waals surface area contributed by atoms with Crippen molar-refractivity contribution in [2.75, 3.05) is 0 Å². The van der Waals surface area contributed by atoms with E-state index in [-0.39, 0.29) is 18.0 Å². The Labute approximate surface area is 144 Å². The first-order chi connectivity index (χ1) is 12.2. The zero-order valence-corrected chi connectivity index (χ0v) is 13.4. The first-order valence-corrected chi connectivity index (χ1v) is 8.11. The van der Waals surface area contributed by atoms with Gasteiger partial charge in [-0.1, -0.05) is 12.1 Å². The minimum absolute atomic E-state index is 0.0638. The largest absolute Gasteiger partial charge is 0.391 e. The van der Waals surface area contributed by atoms with Gasteiger partial charge >= 0.3 is 0 Å². The smallest absolute Gasteiger partial charge is 0.224 e. The molecule has 4 rings (SSSR count). The maximum atomic E-state index is 12.3. The zero-order valence-electron chi connectivity index (χ0n) is 13.4. The molecule has 8 heteroatoms. The zero-order chi connectivity index (χ0) is 17.2. The number of hydrogen-bond acceptors (Lipinski definition) is 5. The molecule has 0 radical (unpaired) electrons. The third-order valence-corrected chi connectivity index (χ3v) is 4.50. The number of aliphatic hydroxyl groups is 1. The topological polar surface area (TPSA) is 97.9 Å². The van der Waals surface area contributed by atoms with E-state index in [2.05, 4.69) is 20.6 Å². The predicted molar refractivity (Wildman–Crippen MR) is 88.9 cm³/mol. The molecule has 1 aliphatic rings. The molecule has 2 N–H and O–H groups in total. The Balaban J connectivity index is 1.36. The second kappa shape index (κ2) is 6.48. The van der Waals surface area contributed by atoms with Crippen molar-refractivity contribution in [3.8, 4) is 5.69 Å². The molecule has 1 aromatic carbocycles. The van der Waals surface area contributed by atoms with Crippen LogP contribution in [-0.2, 0) is 11.2 Å². The van der Waals surface area contributed by atoms with Crippen LogP contribution in [0.1, 0.15) is 18.0 Å². The van der Waals surface area contributed by atoms with Crippen molar-refractivity contribution < 1.29 is 9.90 Å². The number of aliphatic hydroxyl groups excluding tert-OH is 1. The van der Waals surface area contributed by atoms with Crippen LogP contribution in [0.3, 0.4) is 0 Å². The van der Waals surface area contributed by atoms with E-state index in [1.807, 2.05) is 24.3 Å². The summed E-state index contributed by atoms with van der Waals surface area (Å²) < 4.78 is 3.50. The maximum Gasteiger partial charge on any atom is 0.224 e. The highest BCUT2D eigenvalue weighted by molar-refractivity contribution is 5.79. The number of nitrogens with zero attached hydrogens (tertiary/aromatic N) is 5. The Hall–Kier alpha value is -3.00. The van der Waals surface area contributed by atoms with Crippen molar-refractivity contribution >= 4 is 5.91 Å². The summed E-state index contributed by atoms with van der Waals surface area (Å²) in [6.45, 7) is 0. The van der Waals surface area contributed by atoms with Crippen LogP contribution in [0.5, 0.6) is 0 Å². The highest BCUT2D eigenvalue weighted by atomic mass is 16.3. The molecule has 0 bridgehead atoms. The van der Waals surface area contributed by atoms with Gasteiger partial charge < -0.3 is 10.4 Å². The highest BCUT2D eigenvalue weighted by Gasteiger charge is 2.42. The molecule has 3 atom stereocenters. The second-order valence-electron chi connectivity index (χ2n) is 6.17. The summed E-state index contributed by atoms with van der Waals surface area (Å²) in [5, 5.41) is 24.6. The van der Waals surface area contributed by atoms with Crippen LogP contribution in [0.25, 0.3) is 5.69 Å². The first kappa shape index (κ1) is 15.5. The third-order valence-electron chi connectivity index (χ3n) is 4.50. The lowest BCUT2D eigenvalue weighted by Gasteiger charge is -2.41. The Kier molecular flexibility index (Phi) is 4.02. The molecule has 3 aromatic rings. The van der Waals surface area contributed by atoms with E-state index in [1.54, 1.807) is 40.4 Å². The van der Waals surface area contributed by atoms with Crippen LogP contribution in [0.15, 0.2) is 55.4 Å². The quantitative estimate of drug-likeness (QED) is 0.706. The van der Waals surface area contributed by atoms with Gasteiger partial charge in [-0.05, 0) is 30.2 Å². The number of carbonyl (C=O) groups excluding carboxylic acids is 1. The average Bonchev–Trinajstić information content (AvgIpc) is 3.28. The minimum atomic E-state index is -0.478. The number of rotatable bonds is 5. The van der Waals surface area contributed by atoms with Crippen LogP contribution >= 0.6 is 0 Å². The summed E-state index contributed by atoms with van der Waals surface area (Å²) in [7, 11) is 0. The summed E-state index contributed by atoms with van der Waals surface area (Å²) in [4.78, 5) is 12.3. The van der Waals surface area contributed by atoms with Crippen LogP contribution in [0, 0.1) is 0 Å². The van der Waals surface area contributed by atoms with Gasteiger partial charge in [0.2, 0.25) is 5.91 Å². The van der Waals surface area contributed by atoms with Crippen molar-refractivity contribution in [1.29, 1.82) is 0 Å². The SMILES string of the molecule is O=C(Cc1ccc(-n2cnnc2)cc1)NC1CC(O)C1n1cccn1. The molecule has 8 nitrogen and oxygen atoms in total. The Bertz CT molecular complexity index is 829. The van der Waals surface area contributed by atoms with Crippen LogP contribution < -0.4 is 5.32 Å². The first-order valence-electron chi connectivity index (χ1n) is 8.11. The number of nitrogens with one attached hydrogen (secondary N) is 1. The van der Waals surface area contributed by atoms with Crippen molar-refractivity contribution in [1.82, 2.24) is 29.9 Å². The number of benzene rings is 1. The van der Waals surface area contributed by atoms with Gasteiger partial charge in [-0.25, -0.2) is 0 Å². The van der Waals surface area contributed by atoms with E-state index < -0.39 is 6.10 Å². The lowest BCUT2D eigenvalue weighted by Crippen LogP contribution is -2.56. The van der Waals surface area contributed by atoms with Gasteiger partial charge in [0, 0.05) is 18.1 Å². The van der Waals surface area contributed by atoms with Gasteiger partial charge in [0.15, 0.2) is 0 Å². The van der Waals surface area contributed by atoms with Crippen molar-refractivity contribution in [3.63, 3.8) is 0 Å². The third kappa shape index (κ3) is 3.16. The van der Waals surface area contributed by atoms with E-state index in [4.69, 9.17) is 0 Å². The summed E-state index contributed by atoms with van der Waals surface area (Å²) >= 11 is 0. The lowest BCUT2D eigenvalue weighted by atomic mass is 9.83. The van der Waals surface area contributed by atoms with E-state index in [0.29, 0.717) is 12.8 Å². The van der Waals surface area contributed by atoms with Crippen LogP contribution in [0.4, 0.5) is 0 Å². The standard InChI is InChI=1S/C17H18N6O2/c24-15-9-14(17(15)23-7-1-6-20-23)21-16(25)8-12-2-4-13(5-3-12)22-10-18-19-11-22/h1-7,10-11,14-15,17,24H,8-9H2,(H,21,25). The lowest BCUT2D eigenvalue weighted by molar-refractivity contribution is -0.124. The van der Waals surface area contributed by atoms with E-state index in [0.717, 1.165) is 11.3 Å². The molecule has 0 aliphatic heterocycles. The fourth-order valence-corrected chi connectivity index (χ4v) is 3.14. The van der Waals surface area contributed by atoms with E-state index in [1.165, 1.54) is 0 Å².